The number of aryl methyl sites for hydroxylation is 1. The van der Waals surface area contributed by atoms with Crippen molar-refractivity contribution in [2.45, 2.75) is 24.8 Å². The summed E-state index contributed by atoms with van der Waals surface area (Å²) >= 11 is 0. The zero-order valence-electron chi connectivity index (χ0n) is 17.0. The van der Waals surface area contributed by atoms with Crippen LogP contribution in [0.4, 0.5) is 4.39 Å². The van der Waals surface area contributed by atoms with E-state index in [2.05, 4.69) is 27.8 Å². The van der Waals surface area contributed by atoms with Crippen LogP contribution in [0.15, 0.2) is 66.9 Å². The second kappa shape index (κ2) is 8.71. The number of hydrogen-bond donors (Lipinski definition) is 1. The van der Waals surface area contributed by atoms with Gasteiger partial charge in [-0.2, -0.15) is 0 Å². The highest BCUT2D eigenvalue weighted by Gasteiger charge is 2.27. The summed E-state index contributed by atoms with van der Waals surface area (Å²) in [5, 5.41) is 0. The molecule has 0 aliphatic carbocycles. The molecule has 1 unspecified atom stereocenters. The fourth-order valence-electron chi connectivity index (χ4n) is 4.10. The molecule has 0 fully saturated rings. The standard InChI is InChI=1S/C23H26FN3O2S/c1-26-13-6-11-22(26)23(27-14-12-18-7-2-3-8-19(18)16-27)15-25-30(28,29)17-20-9-4-5-10-21(20)24/h2-11,13,23,25H,12,14-17H2,1H3. The molecule has 1 aliphatic heterocycles. The van der Waals surface area contributed by atoms with Crippen LogP contribution in [0.3, 0.4) is 0 Å². The van der Waals surface area contributed by atoms with E-state index >= 15 is 0 Å². The average Bonchev–Trinajstić information content (AvgIpc) is 3.15. The van der Waals surface area contributed by atoms with E-state index in [4.69, 9.17) is 0 Å². The Bertz CT molecular complexity index is 1130. The molecule has 30 heavy (non-hydrogen) atoms. The first-order valence-corrected chi connectivity index (χ1v) is 11.7. The number of hydrogen-bond acceptors (Lipinski definition) is 3. The molecule has 7 heteroatoms. The minimum Gasteiger partial charge on any atom is -0.353 e. The van der Waals surface area contributed by atoms with Crippen LogP contribution in [0, 0.1) is 5.82 Å². The topological polar surface area (TPSA) is 54.3 Å². The summed E-state index contributed by atoms with van der Waals surface area (Å²) in [6.07, 6.45) is 2.90. The maximum absolute atomic E-state index is 13.9. The van der Waals surface area contributed by atoms with Crippen LogP contribution in [0.5, 0.6) is 0 Å². The Hall–Kier alpha value is -2.48. The molecule has 2 aromatic carbocycles. The van der Waals surface area contributed by atoms with Crippen molar-refractivity contribution >= 4 is 10.0 Å². The van der Waals surface area contributed by atoms with Crippen LogP contribution in [0.25, 0.3) is 0 Å². The molecule has 0 bridgehead atoms. The van der Waals surface area contributed by atoms with Crippen molar-refractivity contribution < 1.29 is 12.8 Å². The van der Waals surface area contributed by atoms with E-state index in [-0.39, 0.29) is 23.9 Å². The lowest BCUT2D eigenvalue weighted by atomic mass is 9.98. The van der Waals surface area contributed by atoms with Gasteiger partial charge < -0.3 is 4.57 Å². The second-order valence-electron chi connectivity index (χ2n) is 7.75. The molecule has 3 aromatic rings. The summed E-state index contributed by atoms with van der Waals surface area (Å²) in [5.41, 5.74) is 3.84. The summed E-state index contributed by atoms with van der Waals surface area (Å²) in [6, 6.07) is 18.2. The molecular formula is C23H26FN3O2S. The van der Waals surface area contributed by atoms with Crippen LogP contribution in [0.2, 0.25) is 0 Å². The molecule has 4 rings (SSSR count). The zero-order chi connectivity index (χ0) is 21.1. The number of rotatable bonds is 7. The quantitative estimate of drug-likeness (QED) is 0.629. The molecule has 1 atom stereocenters. The van der Waals surface area contributed by atoms with Gasteiger partial charge >= 0.3 is 0 Å². The van der Waals surface area contributed by atoms with Crippen LogP contribution < -0.4 is 4.72 Å². The third-order valence-corrected chi connectivity index (χ3v) is 7.02. The van der Waals surface area contributed by atoms with Crippen molar-refractivity contribution in [3.8, 4) is 0 Å². The first kappa shape index (κ1) is 20.8. The maximum atomic E-state index is 13.9. The van der Waals surface area contributed by atoms with Gasteiger partial charge in [-0.3, -0.25) is 4.90 Å². The van der Waals surface area contributed by atoms with Gasteiger partial charge in [0.25, 0.3) is 0 Å². The Morgan fingerprint density at radius 3 is 2.50 bits per heavy atom. The summed E-state index contributed by atoms with van der Waals surface area (Å²) in [6.45, 7) is 1.85. The number of aromatic nitrogens is 1. The number of nitrogens with one attached hydrogen (secondary N) is 1. The van der Waals surface area contributed by atoms with Crippen molar-refractivity contribution in [2.24, 2.45) is 7.05 Å². The van der Waals surface area contributed by atoms with E-state index in [1.807, 2.05) is 36.0 Å². The smallest absolute Gasteiger partial charge is 0.215 e. The molecular weight excluding hydrogens is 401 g/mol. The first-order chi connectivity index (χ1) is 14.4. The highest BCUT2D eigenvalue weighted by atomic mass is 32.2. The van der Waals surface area contributed by atoms with Gasteiger partial charge in [0.1, 0.15) is 5.82 Å². The van der Waals surface area contributed by atoms with E-state index in [9.17, 15) is 12.8 Å². The van der Waals surface area contributed by atoms with Crippen molar-refractivity contribution in [1.29, 1.82) is 0 Å². The number of fused-ring (bicyclic) bond motifs is 1. The number of sulfonamides is 1. The van der Waals surface area contributed by atoms with Gasteiger partial charge in [0.05, 0.1) is 11.8 Å². The predicted octanol–water partition coefficient (Wildman–Crippen LogP) is 3.38. The highest BCUT2D eigenvalue weighted by Crippen LogP contribution is 2.28. The minimum absolute atomic E-state index is 0.117. The number of halogens is 1. The van der Waals surface area contributed by atoms with E-state index in [1.54, 1.807) is 12.1 Å². The second-order valence-corrected chi connectivity index (χ2v) is 9.55. The van der Waals surface area contributed by atoms with E-state index < -0.39 is 15.8 Å². The van der Waals surface area contributed by atoms with Crippen molar-refractivity contribution in [2.75, 3.05) is 13.1 Å². The van der Waals surface area contributed by atoms with Crippen LogP contribution in [-0.4, -0.2) is 31.0 Å². The normalized spacial score (nSPS) is 15.7. The molecule has 158 valence electrons. The SMILES string of the molecule is Cn1cccc1C(CNS(=O)(=O)Cc1ccccc1F)N1CCc2ccccc2C1. The van der Waals surface area contributed by atoms with Gasteiger partial charge in [-0.1, -0.05) is 42.5 Å². The van der Waals surface area contributed by atoms with E-state index in [0.29, 0.717) is 0 Å². The third-order valence-electron chi connectivity index (χ3n) is 5.73. The molecule has 0 saturated carbocycles. The third kappa shape index (κ3) is 4.64. The molecule has 0 saturated heterocycles. The van der Waals surface area contributed by atoms with Gasteiger partial charge in [-0.25, -0.2) is 17.5 Å². The molecule has 1 aliphatic rings. The lowest BCUT2D eigenvalue weighted by Crippen LogP contribution is -2.41. The summed E-state index contributed by atoms with van der Waals surface area (Å²) in [5.74, 6) is -0.878. The molecule has 0 radical (unpaired) electrons. The predicted molar refractivity (Wildman–Crippen MR) is 116 cm³/mol. The van der Waals surface area contributed by atoms with Crippen molar-refractivity contribution in [3.63, 3.8) is 0 Å². The van der Waals surface area contributed by atoms with Gasteiger partial charge in [0, 0.05) is 44.1 Å². The summed E-state index contributed by atoms with van der Waals surface area (Å²) in [4.78, 5) is 2.31. The molecule has 5 nitrogen and oxygen atoms in total. The van der Waals surface area contributed by atoms with Crippen LogP contribution in [0.1, 0.15) is 28.4 Å². The fourth-order valence-corrected chi connectivity index (χ4v) is 5.26. The highest BCUT2D eigenvalue weighted by molar-refractivity contribution is 7.88. The Kier molecular flexibility index (Phi) is 6.04. The van der Waals surface area contributed by atoms with Gasteiger partial charge in [0.2, 0.25) is 10.0 Å². The Morgan fingerprint density at radius 1 is 1.03 bits per heavy atom. The lowest BCUT2D eigenvalue weighted by Gasteiger charge is -2.36. The Balaban J connectivity index is 1.53. The van der Waals surface area contributed by atoms with Gasteiger partial charge in [0.15, 0.2) is 0 Å². The molecule has 1 aromatic heterocycles. The molecule has 1 N–H and O–H groups in total. The monoisotopic (exact) mass is 427 g/mol. The van der Waals surface area contributed by atoms with Crippen molar-refractivity contribution in [1.82, 2.24) is 14.2 Å². The number of benzene rings is 2. The minimum atomic E-state index is -3.68. The molecule has 2 heterocycles. The van der Waals surface area contributed by atoms with Crippen LogP contribution in [-0.2, 0) is 35.8 Å². The van der Waals surface area contributed by atoms with Crippen LogP contribution >= 0.6 is 0 Å². The summed E-state index contributed by atoms with van der Waals surface area (Å²) in [7, 11) is -1.71. The van der Waals surface area contributed by atoms with Crippen molar-refractivity contribution in [3.05, 3.63) is 95.1 Å². The largest absolute Gasteiger partial charge is 0.353 e. The fraction of sp³-hybridized carbons (Fsp3) is 0.304. The average molecular weight is 428 g/mol. The lowest BCUT2D eigenvalue weighted by molar-refractivity contribution is 0.174. The van der Waals surface area contributed by atoms with E-state index in [0.717, 1.165) is 25.2 Å². The molecule has 0 spiro atoms. The molecule has 0 amide bonds. The summed E-state index contributed by atoms with van der Waals surface area (Å²) < 4.78 is 44.0. The van der Waals surface area contributed by atoms with Gasteiger partial charge in [-0.05, 0) is 35.7 Å². The number of nitrogens with zero attached hydrogens (tertiary/aromatic N) is 2. The Labute approximate surface area is 177 Å². The Morgan fingerprint density at radius 2 is 1.77 bits per heavy atom. The zero-order valence-corrected chi connectivity index (χ0v) is 17.8. The first-order valence-electron chi connectivity index (χ1n) is 10.1. The van der Waals surface area contributed by atoms with E-state index in [1.165, 1.54) is 23.3 Å². The maximum Gasteiger partial charge on any atom is 0.215 e. The van der Waals surface area contributed by atoms with Gasteiger partial charge in [-0.15, -0.1) is 0 Å².